The molecule has 0 N–H and O–H groups in total. The minimum Gasteiger partial charge on any atom is -0.489 e. The molecule has 2 aromatic rings. The number of rotatable bonds is 4. The van der Waals surface area contributed by atoms with Gasteiger partial charge in [-0.2, -0.15) is 0 Å². The van der Waals surface area contributed by atoms with Crippen molar-refractivity contribution in [3.8, 4) is 5.75 Å². The van der Waals surface area contributed by atoms with Crippen LogP contribution in [0.2, 0.25) is 0 Å². The Labute approximate surface area is 107 Å². The van der Waals surface area contributed by atoms with Crippen molar-refractivity contribution < 1.29 is 22.7 Å². The number of hydrogen-bond donors (Lipinski definition) is 0. The van der Waals surface area contributed by atoms with Crippen molar-refractivity contribution in [3.05, 3.63) is 65.0 Å². The fourth-order valence-corrected chi connectivity index (χ4v) is 1.60. The molecule has 2 aromatic carbocycles. The van der Waals surface area contributed by atoms with Crippen molar-refractivity contribution in [2.45, 2.75) is 6.61 Å². The lowest BCUT2D eigenvalue weighted by atomic mass is 10.2. The van der Waals surface area contributed by atoms with Crippen LogP contribution in [0, 0.1) is 17.5 Å². The Morgan fingerprint density at radius 2 is 1.53 bits per heavy atom. The highest BCUT2D eigenvalue weighted by Gasteiger charge is 2.04. The minimum absolute atomic E-state index is 0.117. The molecule has 2 rings (SSSR count). The van der Waals surface area contributed by atoms with Gasteiger partial charge in [0.2, 0.25) is 0 Å². The van der Waals surface area contributed by atoms with E-state index in [1.54, 1.807) is 0 Å². The predicted octanol–water partition coefficient (Wildman–Crippen LogP) is 3.50. The summed E-state index contributed by atoms with van der Waals surface area (Å²) < 4.78 is 44.2. The molecule has 0 bridgehead atoms. The molecule has 0 atom stereocenters. The maximum Gasteiger partial charge on any atom is 0.150 e. The smallest absolute Gasteiger partial charge is 0.150 e. The van der Waals surface area contributed by atoms with E-state index in [0.717, 1.165) is 30.3 Å². The molecule has 19 heavy (non-hydrogen) atoms. The summed E-state index contributed by atoms with van der Waals surface area (Å²) in [5.41, 5.74) is 0.398. The van der Waals surface area contributed by atoms with Gasteiger partial charge in [-0.15, -0.1) is 0 Å². The molecule has 0 heterocycles. The topological polar surface area (TPSA) is 26.3 Å². The maximum absolute atomic E-state index is 13.1. The van der Waals surface area contributed by atoms with Crippen LogP contribution in [0.5, 0.6) is 5.75 Å². The third-order valence-electron chi connectivity index (χ3n) is 2.36. The van der Waals surface area contributed by atoms with Crippen LogP contribution in [0.4, 0.5) is 13.2 Å². The Balaban J connectivity index is 2.13. The van der Waals surface area contributed by atoms with E-state index in [1.165, 1.54) is 6.07 Å². The Morgan fingerprint density at radius 1 is 0.895 bits per heavy atom. The van der Waals surface area contributed by atoms with Crippen molar-refractivity contribution in [2.75, 3.05) is 0 Å². The zero-order valence-corrected chi connectivity index (χ0v) is 9.70. The van der Waals surface area contributed by atoms with E-state index in [2.05, 4.69) is 0 Å². The molecule has 2 nitrogen and oxygen atoms in total. The molecule has 0 aliphatic heterocycles. The first-order chi connectivity index (χ1) is 9.06. The van der Waals surface area contributed by atoms with E-state index in [9.17, 15) is 18.0 Å². The summed E-state index contributed by atoms with van der Waals surface area (Å²) in [7, 11) is 0. The average Bonchev–Trinajstić information content (AvgIpc) is 2.34. The monoisotopic (exact) mass is 266 g/mol. The molecule has 98 valence electrons. The van der Waals surface area contributed by atoms with E-state index in [1.807, 2.05) is 0 Å². The molecule has 0 aromatic heterocycles. The third-order valence-corrected chi connectivity index (χ3v) is 2.36. The molecule has 0 spiro atoms. The van der Waals surface area contributed by atoms with E-state index in [-0.39, 0.29) is 23.5 Å². The lowest BCUT2D eigenvalue weighted by Crippen LogP contribution is -1.98. The van der Waals surface area contributed by atoms with Crippen molar-refractivity contribution in [1.29, 1.82) is 0 Å². The highest BCUT2D eigenvalue weighted by molar-refractivity contribution is 5.75. The van der Waals surface area contributed by atoms with Gasteiger partial charge in [0.15, 0.2) is 0 Å². The van der Waals surface area contributed by atoms with Gasteiger partial charge in [-0.3, -0.25) is 4.79 Å². The van der Waals surface area contributed by atoms with Crippen molar-refractivity contribution >= 4 is 6.29 Å². The van der Waals surface area contributed by atoms with E-state index < -0.39 is 17.5 Å². The molecule has 0 fully saturated rings. The summed E-state index contributed by atoms with van der Waals surface area (Å²) in [6.45, 7) is -0.129. The molecule has 0 aliphatic rings. The van der Waals surface area contributed by atoms with E-state index in [4.69, 9.17) is 4.74 Å². The zero-order chi connectivity index (χ0) is 13.8. The third kappa shape index (κ3) is 3.58. The number of aldehydes is 1. The van der Waals surface area contributed by atoms with Gasteiger partial charge >= 0.3 is 0 Å². The van der Waals surface area contributed by atoms with Crippen molar-refractivity contribution in [2.24, 2.45) is 0 Å². The number of halogens is 3. The van der Waals surface area contributed by atoms with Crippen LogP contribution in [0.3, 0.4) is 0 Å². The molecule has 0 saturated carbocycles. The van der Waals surface area contributed by atoms with Crippen molar-refractivity contribution in [1.82, 2.24) is 0 Å². The molecule has 0 radical (unpaired) electrons. The van der Waals surface area contributed by atoms with Gasteiger partial charge in [-0.25, -0.2) is 13.2 Å². The first-order valence-electron chi connectivity index (χ1n) is 5.40. The van der Waals surface area contributed by atoms with Crippen LogP contribution in [0.25, 0.3) is 0 Å². The molecule has 0 unspecified atom stereocenters. The second-order valence-electron chi connectivity index (χ2n) is 3.90. The summed E-state index contributed by atoms with van der Waals surface area (Å²) >= 11 is 0. The maximum atomic E-state index is 13.1. The fourth-order valence-electron chi connectivity index (χ4n) is 1.60. The highest BCUT2D eigenvalue weighted by atomic mass is 19.1. The average molecular weight is 266 g/mol. The molecule has 0 amide bonds. The normalized spacial score (nSPS) is 10.3. The fraction of sp³-hybridized carbons (Fsp3) is 0.0714. The van der Waals surface area contributed by atoms with E-state index in [0.29, 0.717) is 6.29 Å². The van der Waals surface area contributed by atoms with E-state index >= 15 is 0 Å². The number of carbonyl (C=O) groups is 1. The Bertz CT molecular complexity index is 591. The van der Waals surface area contributed by atoms with Gasteiger partial charge in [0.25, 0.3) is 0 Å². The molecule has 5 heteroatoms. The van der Waals surface area contributed by atoms with Crippen LogP contribution in [0.1, 0.15) is 15.9 Å². The van der Waals surface area contributed by atoms with Crippen LogP contribution in [-0.2, 0) is 6.61 Å². The number of benzene rings is 2. The zero-order valence-electron chi connectivity index (χ0n) is 9.70. The first kappa shape index (κ1) is 13.1. The van der Waals surface area contributed by atoms with Crippen LogP contribution < -0.4 is 4.74 Å². The number of carbonyl (C=O) groups excluding carboxylic acids is 1. The molecule has 0 aliphatic carbocycles. The minimum atomic E-state index is -0.716. The van der Waals surface area contributed by atoms with Gasteiger partial charge in [0.05, 0.1) is 0 Å². The SMILES string of the molecule is O=Cc1cc(F)cc(OCc2cc(F)cc(F)c2)c1. The lowest BCUT2D eigenvalue weighted by Gasteiger charge is -2.07. The molecule has 0 saturated heterocycles. The van der Waals surface area contributed by atoms with Gasteiger partial charge in [0, 0.05) is 17.7 Å². The van der Waals surface area contributed by atoms with Gasteiger partial charge in [-0.05, 0) is 29.8 Å². The summed E-state index contributed by atoms with van der Waals surface area (Å²) in [4.78, 5) is 10.6. The van der Waals surface area contributed by atoms with Gasteiger partial charge in [0.1, 0.15) is 36.1 Å². The molecular formula is C14H9F3O2. The first-order valence-corrected chi connectivity index (χ1v) is 5.40. The predicted molar refractivity (Wildman–Crippen MR) is 62.5 cm³/mol. The standard InChI is InChI=1S/C14H9F3O2/c15-11-2-10(3-12(16)5-11)8-19-14-4-9(7-18)1-13(17)6-14/h1-7H,8H2. The second kappa shape index (κ2) is 5.56. The summed E-state index contributed by atoms with van der Waals surface area (Å²) in [5.74, 6) is -1.94. The number of hydrogen-bond acceptors (Lipinski definition) is 2. The van der Waals surface area contributed by atoms with Crippen LogP contribution >= 0.6 is 0 Å². The Kier molecular flexibility index (Phi) is 3.85. The lowest BCUT2D eigenvalue weighted by molar-refractivity contribution is 0.112. The Morgan fingerprint density at radius 3 is 2.16 bits per heavy atom. The summed E-state index contributed by atoms with van der Waals surface area (Å²) in [6, 6.07) is 6.46. The highest BCUT2D eigenvalue weighted by Crippen LogP contribution is 2.17. The van der Waals surface area contributed by atoms with Crippen LogP contribution in [0.15, 0.2) is 36.4 Å². The second-order valence-corrected chi connectivity index (χ2v) is 3.90. The van der Waals surface area contributed by atoms with Gasteiger partial charge in [-0.1, -0.05) is 0 Å². The molecular weight excluding hydrogens is 257 g/mol. The largest absolute Gasteiger partial charge is 0.489 e. The Hall–Kier alpha value is -2.30. The van der Waals surface area contributed by atoms with Crippen LogP contribution in [-0.4, -0.2) is 6.29 Å². The quantitative estimate of drug-likeness (QED) is 0.792. The van der Waals surface area contributed by atoms with Crippen molar-refractivity contribution in [3.63, 3.8) is 0 Å². The van der Waals surface area contributed by atoms with Gasteiger partial charge < -0.3 is 4.74 Å². The number of ether oxygens (including phenoxy) is 1. The summed E-state index contributed by atoms with van der Waals surface area (Å²) in [6.07, 6.45) is 0.484. The summed E-state index contributed by atoms with van der Waals surface area (Å²) in [5, 5.41) is 0.